The zero-order valence-electron chi connectivity index (χ0n) is 12.5. The van der Waals surface area contributed by atoms with Crippen molar-refractivity contribution < 1.29 is 106 Å². The van der Waals surface area contributed by atoms with Crippen molar-refractivity contribution in [1.82, 2.24) is 0 Å². The van der Waals surface area contributed by atoms with E-state index in [4.69, 9.17) is 0 Å². The summed E-state index contributed by atoms with van der Waals surface area (Å²) in [5, 5.41) is 0. The van der Waals surface area contributed by atoms with Crippen molar-refractivity contribution in [2.24, 2.45) is 0 Å². The zero-order valence-corrected chi connectivity index (χ0v) is 13.5. The Balaban J connectivity index is -0.00000288. The van der Waals surface area contributed by atoms with Gasteiger partial charge in [-0.3, -0.25) is 0 Å². The van der Waals surface area contributed by atoms with E-state index in [0.717, 1.165) is 0 Å². The fraction of sp³-hybridized carbons (Fsp3) is 1.00. The summed E-state index contributed by atoms with van der Waals surface area (Å²) >= 11 is 0. The summed E-state index contributed by atoms with van der Waals surface area (Å²) < 4.78 is 209. The van der Waals surface area contributed by atoms with Gasteiger partial charge in [-0.25, -0.2) is 8.78 Å². The fourth-order valence-corrected chi connectivity index (χ4v) is 1.12. The van der Waals surface area contributed by atoms with Crippen molar-refractivity contribution in [2.75, 3.05) is 0 Å². The molecule has 0 aliphatic carbocycles. The van der Waals surface area contributed by atoms with Crippen LogP contribution in [0.15, 0.2) is 0 Å². The maximum absolute atomic E-state index is 12.8. The Morgan fingerprint density at radius 2 is 0.654 bits per heavy atom. The molecule has 0 aromatic rings. The average Bonchev–Trinajstić information content (AvgIpc) is 2.35. The van der Waals surface area contributed by atoms with Crippen molar-refractivity contribution >= 4 is 0 Å². The van der Waals surface area contributed by atoms with Crippen LogP contribution in [0.4, 0.5) is 74.6 Å². The Hall–Kier alpha value is -0.190. The molecule has 0 aromatic heterocycles. The van der Waals surface area contributed by atoms with Gasteiger partial charge in [0.25, 0.3) is 0 Å². The summed E-state index contributed by atoms with van der Waals surface area (Å²) in [6.45, 7) is 0. The number of hydrogen-bond donors (Lipinski definition) is 0. The van der Waals surface area contributed by atoms with Crippen molar-refractivity contribution in [1.29, 1.82) is 0 Å². The molecular weight excluding hydrogens is 442 g/mol. The van der Waals surface area contributed by atoms with Gasteiger partial charge in [0.05, 0.1) is 0 Å². The number of alkyl halides is 17. The van der Waals surface area contributed by atoms with E-state index in [9.17, 15) is 74.6 Å². The first-order valence-electron chi connectivity index (χ1n) is 5.06. The quantitative estimate of drug-likeness (QED) is 0.437. The Morgan fingerprint density at radius 1 is 0.423 bits per heavy atom. The van der Waals surface area contributed by atoms with E-state index in [1.807, 2.05) is 0 Å². The van der Waals surface area contributed by atoms with Crippen LogP contribution in [-0.2, 0) is 0 Å². The molecule has 154 valence electrons. The molecule has 0 saturated heterocycles. The Morgan fingerprint density at radius 3 is 0.885 bits per heavy atom. The van der Waals surface area contributed by atoms with E-state index in [0.29, 0.717) is 0 Å². The van der Waals surface area contributed by atoms with Crippen LogP contribution in [-0.4, -0.2) is 48.1 Å². The van der Waals surface area contributed by atoms with Crippen molar-refractivity contribution in [3.63, 3.8) is 0 Å². The van der Waals surface area contributed by atoms with Crippen LogP contribution in [0.3, 0.4) is 0 Å². The molecule has 0 heterocycles. The van der Waals surface area contributed by atoms with Crippen LogP contribution in [0.2, 0.25) is 0 Å². The third-order valence-electron chi connectivity index (χ3n) is 2.63. The summed E-state index contributed by atoms with van der Waals surface area (Å²) in [6, 6.07) is 0. The minimum atomic E-state index is -8.54. The Labute approximate surface area is 154 Å². The minimum absolute atomic E-state index is 0. The van der Waals surface area contributed by atoms with Crippen molar-refractivity contribution in [3.05, 3.63) is 0 Å². The Kier molecular flexibility index (Phi) is 7.55. The molecule has 0 spiro atoms. The first-order valence-corrected chi connectivity index (χ1v) is 5.06. The predicted molar refractivity (Wildman–Crippen MR) is 42.9 cm³/mol. The second-order valence-corrected chi connectivity index (χ2v) is 4.29. The molecule has 0 atom stereocenters. The summed E-state index contributed by atoms with van der Waals surface area (Å²) in [6.07, 6.45) is -13.6. The maximum atomic E-state index is 12.8. The third-order valence-corrected chi connectivity index (χ3v) is 2.63. The van der Waals surface area contributed by atoms with E-state index in [1.165, 1.54) is 0 Å². The molecule has 18 heteroatoms. The van der Waals surface area contributed by atoms with E-state index in [2.05, 4.69) is 0 Å². The molecular formula is C8H2F17Na. The SMILES string of the molecule is FC(F)C(F)(F)C(F)(F)C(F)(F)C(F)(F)C(F)(F)C(F)(F)C(F)(F)F.[H-].[Na+]. The van der Waals surface area contributed by atoms with E-state index in [1.54, 1.807) is 0 Å². The summed E-state index contributed by atoms with van der Waals surface area (Å²) in [7, 11) is 0. The van der Waals surface area contributed by atoms with Gasteiger partial charge in [0.1, 0.15) is 0 Å². The zero-order chi connectivity index (χ0) is 21.1. The van der Waals surface area contributed by atoms with Crippen LogP contribution < -0.4 is 29.6 Å². The molecule has 0 aliphatic heterocycles. The smallest absolute Gasteiger partial charge is 1.00 e. The molecule has 0 fully saturated rings. The number of hydrogen-bond acceptors (Lipinski definition) is 0. The second-order valence-electron chi connectivity index (χ2n) is 4.29. The molecule has 0 rings (SSSR count). The molecule has 0 nitrogen and oxygen atoms in total. The van der Waals surface area contributed by atoms with Gasteiger partial charge in [-0.05, 0) is 0 Å². The van der Waals surface area contributed by atoms with Gasteiger partial charge in [0, 0.05) is 0 Å². The third kappa shape index (κ3) is 3.46. The van der Waals surface area contributed by atoms with Gasteiger partial charge in [-0.2, -0.15) is 65.9 Å². The van der Waals surface area contributed by atoms with Gasteiger partial charge < -0.3 is 1.43 Å². The number of rotatable bonds is 6. The molecule has 0 amide bonds. The average molecular weight is 444 g/mol. The van der Waals surface area contributed by atoms with E-state index < -0.39 is 48.1 Å². The van der Waals surface area contributed by atoms with Crippen LogP contribution in [0.25, 0.3) is 0 Å². The van der Waals surface area contributed by atoms with Crippen molar-refractivity contribution in [3.8, 4) is 0 Å². The van der Waals surface area contributed by atoms with Crippen LogP contribution in [0.1, 0.15) is 1.43 Å². The van der Waals surface area contributed by atoms with Crippen LogP contribution in [0, 0.1) is 0 Å². The standard InChI is InChI=1S/C8HF17.Na.H/c9-1(10)2(11,12)3(13,14)4(15,16)5(17,18)6(19,20)7(21,22)8(23,24)25;;/h1H;;/q;+1;-1. The first-order chi connectivity index (χ1) is 10.4. The molecule has 0 aliphatic rings. The van der Waals surface area contributed by atoms with Gasteiger partial charge in [-0.15, -0.1) is 0 Å². The summed E-state index contributed by atoms with van der Waals surface area (Å²) in [5.74, 6) is -49.2. The van der Waals surface area contributed by atoms with Gasteiger partial charge >= 0.3 is 77.7 Å². The molecule has 0 aromatic carbocycles. The van der Waals surface area contributed by atoms with Crippen molar-refractivity contribution in [2.45, 2.75) is 48.1 Å². The fourth-order valence-electron chi connectivity index (χ4n) is 1.12. The topological polar surface area (TPSA) is 0 Å². The summed E-state index contributed by atoms with van der Waals surface area (Å²) in [4.78, 5) is 0. The van der Waals surface area contributed by atoms with Gasteiger partial charge in [0.2, 0.25) is 0 Å². The minimum Gasteiger partial charge on any atom is -1.00 e. The predicted octanol–water partition coefficient (Wildman–Crippen LogP) is 2.74. The molecule has 0 radical (unpaired) electrons. The normalized spacial score (nSPS) is 15.9. The van der Waals surface area contributed by atoms with E-state index in [-0.39, 0.29) is 31.0 Å². The van der Waals surface area contributed by atoms with Gasteiger partial charge in [0.15, 0.2) is 0 Å². The van der Waals surface area contributed by atoms with E-state index >= 15 is 0 Å². The van der Waals surface area contributed by atoms with Gasteiger partial charge in [-0.1, -0.05) is 0 Å². The molecule has 0 saturated carbocycles. The molecule has 0 bridgehead atoms. The largest absolute Gasteiger partial charge is 1.00 e. The maximum Gasteiger partial charge on any atom is 1.00 e. The Bertz CT molecular complexity index is 494. The monoisotopic (exact) mass is 444 g/mol. The second kappa shape index (κ2) is 7.00. The first kappa shape index (κ1) is 28.0. The molecule has 0 N–H and O–H groups in total. The molecule has 26 heavy (non-hydrogen) atoms. The van der Waals surface area contributed by atoms with Crippen LogP contribution >= 0.6 is 0 Å². The summed E-state index contributed by atoms with van der Waals surface area (Å²) in [5.41, 5.74) is 0. The van der Waals surface area contributed by atoms with Crippen LogP contribution in [0.5, 0.6) is 0 Å². The molecule has 0 unspecified atom stereocenters. The number of halogens is 17.